The highest BCUT2D eigenvalue weighted by Crippen LogP contribution is 2.36. The van der Waals surface area contributed by atoms with Crippen molar-refractivity contribution < 1.29 is 4.21 Å². The van der Waals surface area contributed by atoms with Crippen molar-refractivity contribution in [3.05, 3.63) is 0 Å². The first-order chi connectivity index (χ1) is 4.71. The lowest BCUT2D eigenvalue weighted by Crippen LogP contribution is -2.48. The van der Waals surface area contributed by atoms with Crippen LogP contribution in [0.5, 0.6) is 0 Å². The number of rotatable bonds is 3. The second-order valence-electron chi connectivity index (χ2n) is 3.02. The van der Waals surface area contributed by atoms with Crippen LogP contribution in [0.3, 0.4) is 0 Å². The monoisotopic (exact) mass is 161 g/mol. The van der Waals surface area contributed by atoms with Gasteiger partial charge in [-0.15, -0.1) is 0 Å². The largest absolute Gasteiger partial charge is 0.318 e. The summed E-state index contributed by atoms with van der Waals surface area (Å²) in [6.45, 7) is 0.913. The summed E-state index contributed by atoms with van der Waals surface area (Å²) in [6.07, 6.45) is 5.34. The maximum Gasteiger partial charge on any atom is 0.0580 e. The van der Waals surface area contributed by atoms with Gasteiger partial charge in [-0.1, -0.05) is 6.42 Å². The van der Waals surface area contributed by atoms with Gasteiger partial charge in [-0.3, -0.25) is 4.21 Å². The minimum Gasteiger partial charge on any atom is -0.318 e. The summed E-state index contributed by atoms with van der Waals surface area (Å²) in [6, 6.07) is 0. The normalized spacial score (nSPS) is 25.4. The average molecular weight is 161 g/mol. The van der Waals surface area contributed by atoms with E-state index in [9.17, 15) is 4.21 Å². The van der Waals surface area contributed by atoms with Gasteiger partial charge in [0.1, 0.15) is 0 Å². The zero-order valence-electron chi connectivity index (χ0n) is 6.64. The standard InChI is InChI=1S/C7H15NOS/c1-8-6-7(10(2)9)4-3-5-7/h8H,3-6H2,1-2H3. The van der Waals surface area contributed by atoms with Crippen molar-refractivity contribution in [1.29, 1.82) is 0 Å². The molecule has 60 valence electrons. The predicted molar refractivity (Wildman–Crippen MR) is 44.6 cm³/mol. The molecule has 1 N–H and O–H groups in total. The topological polar surface area (TPSA) is 29.1 Å². The Hall–Kier alpha value is 0.110. The zero-order valence-corrected chi connectivity index (χ0v) is 7.46. The summed E-state index contributed by atoms with van der Waals surface area (Å²) >= 11 is 0. The molecule has 10 heavy (non-hydrogen) atoms. The molecule has 3 heteroatoms. The van der Waals surface area contributed by atoms with Gasteiger partial charge in [0.2, 0.25) is 0 Å². The molecule has 2 nitrogen and oxygen atoms in total. The van der Waals surface area contributed by atoms with Crippen molar-refractivity contribution in [2.75, 3.05) is 19.8 Å². The van der Waals surface area contributed by atoms with Gasteiger partial charge in [0.25, 0.3) is 0 Å². The van der Waals surface area contributed by atoms with Crippen LogP contribution >= 0.6 is 0 Å². The fraction of sp³-hybridized carbons (Fsp3) is 1.00. The Labute approximate surface area is 64.8 Å². The maximum atomic E-state index is 11.2. The molecule has 1 atom stereocenters. The van der Waals surface area contributed by atoms with E-state index in [0.717, 1.165) is 19.4 Å². The van der Waals surface area contributed by atoms with Gasteiger partial charge in [-0.25, -0.2) is 0 Å². The van der Waals surface area contributed by atoms with Crippen LogP contribution in [0.1, 0.15) is 19.3 Å². The van der Waals surface area contributed by atoms with Gasteiger partial charge < -0.3 is 5.32 Å². The van der Waals surface area contributed by atoms with Gasteiger partial charge in [-0.05, 0) is 19.9 Å². The Morgan fingerprint density at radius 1 is 1.60 bits per heavy atom. The van der Waals surface area contributed by atoms with Crippen LogP contribution in [0, 0.1) is 0 Å². The molecule has 1 saturated carbocycles. The van der Waals surface area contributed by atoms with Crippen LogP contribution in [0.2, 0.25) is 0 Å². The van der Waals surface area contributed by atoms with Crippen molar-refractivity contribution in [3.8, 4) is 0 Å². The third kappa shape index (κ3) is 1.25. The summed E-state index contributed by atoms with van der Waals surface area (Å²) in [5, 5.41) is 3.10. The second-order valence-corrected chi connectivity index (χ2v) is 4.80. The molecule has 0 bridgehead atoms. The molecule has 1 rings (SSSR count). The SMILES string of the molecule is CNCC1(S(C)=O)CCC1. The van der Waals surface area contributed by atoms with E-state index < -0.39 is 10.8 Å². The third-order valence-electron chi connectivity index (χ3n) is 2.37. The lowest BCUT2D eigenvalue weighted by molar-refractivity contribution is 0.343. The Kier molecular flexibility index (Phi) is 2.47. The van der Waals surface area contributed by atoms with Gasteiger partial charge in [0, 0.05) is 23.6 Å². The van der Waals surface area contributed by atoms with Crippen molar-refractivity contribution in [3.63, 3.8) is 0 Å². The molecule has 0 saturated heterocycles. The number of nitrogens with one attached hydrogen (secondary N) is 1. The molecular formula is C7H15NOS. The van der Waals surface area contributed by atoms with E-state index in [2.05, 4.69) is 5.32 Å². The summed E-state index contributed by atoms with van der Waals surface area (Å²) in [5.41, 5.74) is 0. The van der Waals surface area contributed by atoms with Crippen LogP contribution in [-0.2, 0) is 10.8 Å². The van der Waals surface area contributed by atoms with Gasteiger partial charge in [0.15, 0.2) is 0 Å². The van der Waals surface area contributed by atoms with Gasteiger partial charge in [-0.2, -0.15) is 0 Å². The van der Waals surface area contributed by atoms with Crippen LogP contribution in [-0.4, -0.2) is 28.8 Å². The fourth-order valence-corrected chi connectivity index (χ4v) is 2.67. The Morgan fingerprint density at radius 3 is 2.30 bits per heavy atom. The molecule has 1 fully saturated rings. The first-order valence-electron chi connectivity index (χ1n) is 3.69. The molecule has 0 aromatic heterocycles. The van der Waals surface area contributed by atoms with Crippen molar-refractivity contribution >= 4 is 10.8 Å². The third-order valence-corrected chi connectivity index (χ3v) is 4.15. The van der Waals surface area contributed by atoms with Crippen LogP contribution in [0.25, 0.3) is 0 Å². The van der Waals surface area contributed by atoms with E-state index in [1.807, 2.05) is 13.3 Å². The average Bonchev–Trinajstić information content (AvgIpc) is 1.77. The minimum atomic E-state index is -0.645. The van der Waals surface area contributed by atoms with Crippen molar-refractivity contribution in [2.45, 2.75) is 24.0 Å². The minimum absolute atomic E-state index is 0.134. The summed E-state index contributed by atoms with van der Waals surface area (Å²) in [7, 11) is 1.28. The lowest BCUT2D eigenvalue weighted by atomic mass is 9.84. The molecule has 0 heterocycles. The van der Waals surface area contributed by atoms with E-state index in [1.165, 1.54) is 6.42 Å². The highest BCUT2D eigenvalue weighted by Gasteiger charge is 2.39. The quantitative estimate of drug-likeness (QED) is 0.653. The molecule has 0 radical (unpaired) electrons. The summed E-state index contributed by atoms with van der Waals surface area (Å²) < 4.78 is 11.3. The molecule has 1 aliphatic rings. The van der Waals surface area contributed by atoms with Gasteiger partial charge in [0.05, 0.1) is 4.75 Å². The van der Waals surface area contributed by atoms with E-state index >= 15 is 0 Å². The van der Waals surface area contributed by atoms with E-state index in [4.69, 9.17) is 0 Å². The van der Waals surface area contributed by atoms with E-state index in [1.54, 1.807) is 0 Å². The molecule has 0 aliphatic heterocycles. The fourth-order valence-electron chi connectivity index (χ4n) is 1.46. The van der Waals surface area contributed by atoms with Crippen molar-refractivity contribution in [2.24, 2.45) is 0 Å². The summed E-state index contributed by atoms with van der Waals surface area (Å²) in [5.74, 6) is 0. The Morgan fingerprint density at radius 2 is 2.20 bits per heavy atom. The Balaban J connectivity index is 2.50. The van der Waals surface area contributed by atoms with E-state index in [0.29, 0.717) is 0 Å². The van der Waals surface area contributed by atoms with Crippen LogP contribution < -0.4 is 5.32 Å². The molecular weight excluding hydrogens is 146 g/mol. The van der Waals surface area contributed by atoms with E-state index in [-0.39, 0.29) is 4.75 Å². The highest BCUT2D eigenvalue weighted by molar-refractivity contribution is 7.85. The molecule has 0 amide bonds. The summed E-state index contributed by atoms with van der Waals surface area (Å²) in [4.78, 5) is 0. The number of hydrogen-bond acceptors (Lipinski definition) is 2. The first-order valence-corrected chi connectivity index (χ1v) is 5.25. The smallest absolute Gasteiger partial charge is 0.0580 e. The predicted octanol–water partition coefficient (Wildman–Crippen LogP) is 0.507. The van der Waals surface area contributed by atoms with Crippen LogP contribution in [0.4, 0.5) is 0 Å². The molecule has 0 aromatic rings. The van der Waals surface area contributed by atoms with Gasteiger partial charge >= 0.3 is 0 Å². The number of hydrogen-bond donors (Lipinski definition) is 1. The zero-order chi connectivity index (χ0) is 7.61. The maximum absolute atomic E-state index is 11.2. The molecule has 0 aromatic carbocycles. The van der Waals surface area contributed by atoms with Crippen LogP contribution in [0.15, 0.2) is 0 Å². The second kappa shape index (κ2) is 3.01. The first kappa shape index (κ1) is 8.21. The molecule has 1 unspecified atom stereocenters. The molecule has 0 spiro atoms. The lowest BCUT2D eigenvalue weighted by Gasteiger charge is -2.39. The highest BCUT2D eigenvalue weighted by atomic mass is 32.2. The molecule has 1 aliphatic carbocycles. The Bertz CT molecular complexity index is 143. The van der Waals surface area contributed by atoms with Crippen molar-refractivity contribution in [1.82, 2.24) is 5.32 Å².